The molecule has 0 radical (unpaired) electrons. The smallest absolute Gasteiger partial charge is 0.195 e. The average molecular weight is 211 g/mol. The molecule has 0 aliphatic carbocycles. The van der Waals surface area contributed by atoms with Crippen LogP contribution in [0, 0.1) is 0 Å². The van der Waals surface area contributed by atoms with E-state index < -0.39 is 0 Å². The number of nitrogens with one attached hydrogen (secondary N) is 2. The maximum absolute atomic E-state index is 5.98. The van der Waals surface area contributed by atoms with Crippen molar-refractivity contribution in [2.24, 2.45) is 4.99 Å². The highest BCUT2D eigenvalue weighted by molar-refractivity contribution is 6.34. The highest BCUT2D eigenvalue weighted by atomic mass is 35.5. The van der Waals surface area contributed by atoms with Crippen LogP contribution in [-0.4, -0.2) is 19.0 Å². The molecule has 1 aliphatic heterocycles. The topological polar surface area (TPSA) is 62.4 Å². The van der Waals surface area contributed by atoms with Gasteiger partial charge >= 0.3 is 0 Å². The van der Waals surface area contributed by atoms with Gasteiger partial charge < -0.3 is 16.4 Å². The standard InChI is InChI=1S/C9H11ClN4/c10-7-5-6(11)1-2-8(7)14-9-12-3-4-13-9/h1-2,5H,3-4,11H2,(H2,12,13,14). The first-order valence-electron chi connectivity index (χ1n) is 4.36. The van der Waals surface area contributed by atoms with Crippen LogP contribution in [0.4, 0.5) is 11.4 Å². The summed E-state index contributed by atoms with van der Waals surface area (Å²) in [5.41, 5.74) is 7.05. The van der Waals surface area contributed by atoms with E-state index >= 15 is 0 Å². The van der Waals surface area contributed by atoms with Crippen molar-refractivity contribution in [3.05, 3.63) is 23.2 Å². The minimum Gasteiger partial charge on any atom is -0.399 e. The second kappa shape index (κ2) is 3.75. The van der Waals surface area contributed by atoms with Crippen molar-refractivity contribution in [2.45, 2.75) is 0 Å². The van der Waals surface area contributed by atoms with E-state index in [9.17, 15) is 0 Å². The number of hydrogen-bond donors (Lipinski definition) is 3. The number of benzene rings is 1. The van der Waals surface area contributed by atoms with Crippen LogP contribution in [0.25, 0.3) is 0 Å². The highest BCUT2D eigenvalue weighted by Gasteiger charge is 2.07. The Morgan fingerprint density at radius 2 is 2.36 bits per heavy atom. The molecule has 0 amide bonds. The van der Waals surface area contributed by atoms with Gasteiger partial charge in [-0.05, 0) is 18.2 Å². The molecule has 0 bridgehead atoms. The van der Waals surface area contributed by atoms with E-state index in [4.69, 9.17) is 17.3 Å². The summed E-state index contributed by atoms with van der Waals surface area (Å²) >= 11 is 5.98. The van der Waals surface area contributed by atoms with E-state index in [1.807, 2.05) is 6.07 Å². The van der Waals surface area contributed by atoms with Crippen molar-refractivity contribution in [1.82, 2.24) is 5.32 Å². The van der Waals surface area contributed by atoms with E-state index in [0.29, 0.717) is 10.7 Å². The van der Waals surface area contributed by atoms with Crippen molar-refractivity contribution in [3.63, 3.8) is 0 Å². The molecule has 0 fully saturated rings. The van der Waals surface area contributed by atoms with E-state index in [0.717, 1.165) is 24.7 Å². The average Bonchev–Trinajstić information content (AvgIpc) is 2.62. The molecule has 74 valence electrons. The zero-order valence-corrected chi connectivity index (χ0v) is 8.30. The van der Waals surface area contributed by atoms with E-state index in [1.54, 1.807) is 12.1 Å². The third kappa shape index (κ3) is 1.90. The number of rotatable bonds is 1. The Morgan fingerprint density at radius 3 is 3.00 bits per heavy atom. The van der Waals surface area contributed by atoms with Gasteiger partial charge in [0, 0.05) is 12.2 Å². The Balaban J connectivity index is 2.16. The highest BCUT2D eigenvalue weighted by Crippen LogP contribution is 2.23. The third-order valence-corrected chi connectivity index (χ3v) is 2.23. The molecule has 1 aliphatic rings. The summed E-state index contributed by atoms with van der Waals surface area (Å²) in [5.74, 6) is 0.761. The Labute approximate surface area is 87.2 Å². The van der Waals surface area contributed by atoms with Crippen LogP contribution < -0.4 is 16.4 Å². The second-order valence-electron chi connectivity index (χ2n) is 3.02. The van der Waals surface area contributed by atoms with Gasteiger partial charge in [0.1, 0.15) is 0 Å². The first-order valence-corrected chi connectivity index (χ1v) is 4.74. The number of nitrogens with zero attached hydrogens (tertiary/aromatic N) is 1. The lowest BCUT2D eigenvalue weighted by atomic mass is 10.3. The number of guanidine groups is 1. The lowest BCUT2D eigenvalue weighted by molar-refractivity contribution is 0.959. The van der Waals surface area contributed by atoms with Gasteiger partial charge in [-0.2, -0.15) is 0 Å². The van der Waals surface area contributed by atoms with Crippen LogP contribution >= 0.6 is 11.6 Å². The Morgan fingerprint density at radius 1 is 1.50 bits per heavy atom. The second-order valence-corrected chi connectivity index (χ2v) is 3.43. The van der Waals surface area contributed by atoms with Gasteiger partial charge in [0.25, 0.3) is 0 Å². The Bertz CT molecular complexity index is 375. The van der Waals surface area contributed by atoms with Crippen LogP contribution in [0.5, 0.6) is 0 Å². The molecule has 4 N–H and O–H groups in total. The molecule has 0 saturated heterocycles. The van der Waals surface area contributed by atoms with Gasteiger partial charge in [0.15, 0.2) is 5.96 Å². The number of halogens is 1. The fourth-order valence-corrected chi connectivity index (χ4v) is 1.48. The molecule has 1 aromatic rings. The fourth-order valence-electron chi connectivity index (χ4n) is 1.24. The van der Waals surface area contributed by atoms with Crippen LogP contribution in [-0.2, 0) is 0 Å². The lowest BCUT2D eigenvalue weighted by Crippen LogP contribution is -2.26. The van der Waals surface area contributed by atoms with Crippen LogP contribution in [0.1, 0.15) is 0 Å². The molecule has 0 saturated carbocycles. The summed E-state index contributed by atoms with van der Waals surface area (Å²) in [4.78, 5) is 4.20. The fraction of sp³-hybridized carbons (Fsp3) is 0.222. The lowest BCUT2D eigenvalue weighted by Gasteiger charge is -2.08. The summed E-state index contributed by atoms with van der Waals surface area (Å²) in [6.45, 7) is 1.67. The van der Waals surface area contributed by atoms with Gasteiger partial charge in [-0.1, -0.05) is 11.6 Å². The number of anilines is 2. The normalized spacial score (nSPS) is 14.8. The Hall–Kier alpha value is -1.42. The zero-order valence-electron chi connectivity index (χ0n) is 7.55. The third-order valence-electron chi connectivity index (χ3n) is 1.92. The van der Waals surface area contributed by atoms with E-state index in [-0.39, 0.29) is 0 Å². The molecule has 0 aromatic heterocycles. The van der Waals surface area contributed by atoms with Crippen molar-refractivity contribution in [1.29, 1.82) is 0 Å². The predicted molar refractivity (Wildman–Crippen MR) is 59.8 cm³/mol. The van der Waals surface area contributed by atoms with Crippen molar-refractivity contribution >= 4 is 28.9 Å². The van der Waals surface area contributed by atoms with Crippen molar-refractivity contribution < 1.29 is 0 Å². The molecule has 4 nitrogen and oxygen atoms in total. The molecule has 1 heterocycles. The zero-order chi connectivity index (χ0) is 9.97. The van der Waals surface area contributed by atoms with Gasteiger partial charge in [-0.25, -0.2) is 0 Å². The molecule has 0 unspecified atom stereocenters. The number of hydrogen-bond acceptors (Lipinski definition) is 4. The van der Waals surface area contributed by atoms with Crippen LogP contribution in [0.3, 0.4) is 0 Å². The molecule has 14 heavy (non-hydrogen) atoms. The summed E-state index contributed by atoms with van der Waals surface area (Å²) in [6.07, 6.45) is 0. The summed E-state index contributed by atoms with van der Waals surface area (Å²) in [6, 6.07) is 5.34. The van der Waals surface area contributed by atoms with E-state index in [2.05, 4.69) is 15.6 Å². The summed E-state index contributed by atoms with van der Waals surface area (Å²) in [7, 11) is 0. The van der Waals surface area contributed by atoms with Crippen molar-refractivity contribution in [3.8, 4) is 0 Å². The summed E-state index contributed by atoms with van der Waals surface area (Å²) in [5, 5.41) is 6.78. The number of aliphatic imine (C=N–C) groups is 1. The summed E-state index contributed by atoms with van der Waals surface area (Å²) < 4.78 is 0. The first kappa shape index (κ1) is 9.15. The minimum absolute atomic E-state index is 0.599. The molecule has 1 aromatic carbocycles. The predicted octanol–water partition coefficient (Wildman–Crippen LogP) is 1.29. The molecule has 5 heteroatoms. The Kier molecular flexibility index (Phi) is 2.45. The van der Waals surface area contributed by atoms with Gasteiger partial charge in [-0.3, -0.25) is 4.99 Å². The number of nitrogens with two attached hydrogens (primary N) is 1. The SMILES string of the molecule is Nc1ccc(NC2=NCCN2)c(Cl)c1. The van der Waals surface area contributed by atoms with Crippen molar-refractivity contribution in [2.75, 3.05) is 24.1 Å². The van der Waals surface area contributed by atoms with Gasteiger partial charge in [-0.15, -0.1) is 0 Å². The minimum atomic E-state index is 0.599. The monoisotopic (exact) mass is 210 g/mol. The molecule has 0 spiro atoms. The maximum atomic E-state index is 5.98. The van der Waals surface area contributed by atoms with E-state index in [1.165, 1.54) is 0 Å². The van der Waals surface area contributed by atoms with Crippen LogP contribution in [0.15, 0.2) is 23.2 Å². The molecule has 2 rings (SSSR count). The van der Waals surface area contributed by atoms with Crippen LogP contribution in [0.2, 0.25) is 5.02 Å². The first-order chi connectivity index (χ1) is 6.75. The maximum Gasteiger partial charge on any atom is 0.195 e. The largest absolute Gasteiger partial charge is 0.399 e. The molecular weight excluding hydrogens is 200 g/mol. The van der Waals surface area contributed by atoms with Gasteiger partial charge in [0.05, 0.1) is 17.3 Å². The van der Waals surface area contributed by atoms with Gasteiger partial charge in [0.2, 0.25) is 0 Å². The quantitative estimate of drug-likeness (QED) is 0.613. The molecular formula is C9H11ClN4. The number of nitrogen functional groups attached to an aromatic ring is 1. The molecule has 0 atom stereocenters.